The molecule has 1 atom stereocenters. The largest absolute Gasteiger partial charge is 0.450 e. The first kappa shape index (κ1) is 18.8. The zero-order valence-electron chi connectivity index (χ0n) is 15.0. The second kappa shape index (κ2) is 10.4. The monoisotopic (exact) mass is 340 g/mol. The lowest BCUT2D eigenvalue weighted by molar-refractivity contribution is 0.123. The van der Waals surface area contributed by atoms with Gasteiger partial charge in [-0.3, -0.25) is 4.99 Å². The molecule has 0 saturated heterocycles. The number of hydrogen-bond acceptors (Lipinski definition) is 4. The Morgan fingerprint density at radius 1 is 1.25 bits per heavy atom. The van der Waals surface area contributed by atoms with Crippen molar-refractivity contribution in [2.75, 3.05) is 40.0 Å². The van der Waals surface area contributed by atoms with Crippen molar-refractivity contribution in [1.29, 1.82) is 0 Å². The van der Waals surface area contributed by atoms with Crippen molar-refractivity contribution in [2.24, 2.45) is 16.8 Å². The smallest absolute Gasteiger partial charge is 0.407 e. The van der Waals surface area contributed by atoms with Crippen LogP contribution >= 0.6 is 0 Å². The van der Waals surface area contributed by atoms with Gasteiger partial charge in [-0.2, -0.15) is 0 Å². The summed E-state index contributed by atoms with van der Waals surface area (Å²) >= 11 is 0. The minimum absolute atomic E-state index is 0.0875. The summed E-state index contributed by atoms with van der Waals surface area (Å²) in [6.07, 6.45) is 5.59. The number of nitrogens with one attached hydrogen (secondary N) is 3. The van der Waals surface area contributed by atoms with Crippen LogP contribution in [0.1, 0.15) is 39.0 Å². The van der Waals surface area contributed by atoms with E-state index in [1.54, 1.807) is 7.05 Å². The van der Waals surface area contributed by atoms with Crippen molar-refractivity contribution >= 4 is 12.1 Å². The van der Waals surface area contributed by atoms with E-state index < -0.39 is 0 Å². The number of carbonyl (C=O) groups is 1. The fourth-order valence-electron chi connectivity index (χ4n) is 2.50. The summed E-state index contributed by atoms with van der Waals surface area (Å²) in [5.41, 5.74) is 0. The maximum Gasteiger partial charge on any atom is 0.407 e. The van der Waals surface area contributed by atoms with Gasteiger partial charge in [-0.15, -0.1) is 0 Å². The van der Waals surface area contributed by atoms with Crippen LogP contribution in [-0.2, 0) is 9.47 Å². The van der Waals surface area contributed by atoms with Crippen LogP contribution in [0.5, 0.6) is 0 Å². The van der Waals surface area contributed by atoms with Crippen molar-refractivity contribution in [3.63, 3.8) is 0 Å². The van der Waals surface area contributed by atoms with Gasteiger partial charge in [0, 0.05) is 33.4 Å². The predicted octanol–water partition coefficient (Wildman–Crippen LogP) is 1.49. The molecule has 0 aromatic carbocycles. The molecule has 0 spiro atoms. The lowest BCUT2D eigenvalue weighted by atomic mass is 10.2. The van der Waals surface area contributed by atoms with Gasteiger partial charge in [0.2, 0.25) is 0 Å². The predicted molar refractivity (Wildman–Crippen MR) is 94.2 cm³/mol. The van der Waals surface area contributed by atoms with E-state index in [4.69, 9.17) is 9.47 Å². The average molecular weight is 340 g/mol. The van der Waals surface area contributed by atoms with E-state index in [0.717, 1.165) is 50.9 Å². The van der Waals surface area contributed by atoms with Crippen molar-refractivity contribution < 1.29 is 14.3 Å². The average Bonchev–Trinajstić information content (AvgIpc) is 3.46. The summed E-state index contributed by atoms with van der Waals surface area (Å²) in [6.45, 7) is 5.38. The number of rotatable bonds is 11. The lowest BCUT2D eigenvalue weighted by Gasteiger charge is -2.20. The summed E-state index contributed by atoms with van der Waals surface area (Å²) in [5, 5.41) is 9.50. The third-order valence-corrected chi connectivity index (χ3v) is 4.29. The molecule has 2 aliphatic rings. The second-order valence-electron chi connectivity index (χ2n) is 6.56. The molecule has 2 saturated carbocycles. The Morgan fingerprint density at radius 3 is 2.67 bits per heavy atom. The van der Waals surface area contributed by atoms with E-state index in [9.17, 15) is 4.79 Å². The van der Waals surface area contributed by atoms with Crippen molar-refractivity contribution in [3.05, 3.63) is 0 Å². The van der Waals surface area contributed by atoms with Crippen LogP contribution in [0.2, 0.25) is 0 Å². The van der Waals surface area contributed by atoms with Gasteiger partial charge < -0.3 is 25.4 Å². The minimum atomic E-state index is -0.341. The minimum Gasteiger partial charge on any atom is -0.450 e. The van der Waals surface area contributed by atoms with E-state index in [1.807, 2.05) is 6.92 Å². The maximum absolute atomic E-state index is 11.6. The highest BCUT2D eigenvalue weighted by atomic mass is 16.5. The van der Waals surface area contributed by atoms with E-state index in [2.05, 4.69) is 20.9 Å². The first-order valence-electron chi connectivity index (χ1n) is 9.18. The lowest BCUT2D eigenvalue weighted by Crippen LogP contribution is -2.48. The topological polar surface area (TPSA) is 84.0 Å². The number of amides is 1. The fraction of sp³-hybridized carbons (Fsp3) is 0.882. The van der Waals surface area contributed by atoms with Crippen LogP contribution in [0.15, 0.2) is 4.99 Å². The summed E-state index contributed by atoms with van der Waals surface area (Å²) in [6, 6.07) is 0.0875. The van der Waals surface area contributed by atoms with Gasteiger partial charge in [0.1, 0.15) is 0 Å². The molecule has 2 fully saturated rings. The van der Waals surface area contributed by atoms with Crippen LogP contribution in [-0.4, -0.2) is 58.1 Å². The second-order valence-corrected chi connectivity index (χ2v) is 6.56. The van der Waals surface area contributed by atoms with Crippen molar-refractivity contribution in [2.45, 2.75) is 45.1 Å². The highest BCUT2D eigenvalue weighted by Gasteiger charge is 2.32. The standard InChI is InChI=1S/C17H32N4O3/c1-3-24-17(22)21-15(14-7-8-14)11-20-16(18-2)19-9-4-10-23-12-13-5-6-13/h13-15H,3-12H2,1-2H3,(H,21,22)(H2,18,19,20). The quantitative estimate of drug-likeness (QED) is 0.301. The Kier molecular flexibility index (Phi) is 8.15. The number of ether oxygens (including phenoxy) is 2. The van der Waals surface area contributed by atoms with Crippen LogP contribution in [0.3, 0.4) is 0 Å². The van der Waals surface area contributed by atoms with Crippen LogP contribution in [0.25, 0.3) is 0 Å². The molecule has 0 heterocycles. The highest BCUT2D eigenvalue weighted by Crippen LogP contribution is 2.32. The summed E-state index contributed by atoms with van der Waals surface area (Å²) < 4.78 is 10.6. The zero-order chi connectivity index (χ0) is 17.2. The zero-order valence-corrected chi connectivity index (χ0v) is 15.0. The number of aliphatic imine (C=N–C) groups is 1. The van der Waals surface area contributed by atoms with Gasteiger partial charge in [0.05, 0.1) is 12.6 Å². The number of alkyl carbamates (subject to hydrolysis) is 1. The molecule has 0 aromatic heterocycles. The van der Waals surface area contributed by atoms with Crippen molar-refractivity contribution in [1.82, 2.24) is 16.0 Å². The highest BCUT2D eigenvalue weighted by molar-refractivity contribution is 5.79. The molecular formula is C17H32N4O3. The molecule has 0 radical (unpaired) electrons. The summed E-state index contributed by atoms with van der Waals surface area (Å²) in [7, 11) is 1.75. The van der Waals surface area contributed by atoms with Gasteiger partial charge in [0.25, 0.3) is 0 Å². The molecule has 2 aliphatic carbocycles. The third-order valence-electron chi connectivity index (χ3n) is 4.29. The Labute approximate surface area is 145 Å². The first-order valence-corrected chi connectivity index (χ1v) is 9.18. The molecule has 2 rings (SSSR count). The molecule has 3 N–H and O–H groups in total. The van der Waals surface area contributed by atoms with Crippen molar-refractivity contribution in [3.8, 4) is 0 Å². The van der Waals surface area contributed by atoms with E-state index >= 15 is 0 Å². The molecule has 0 aromatic rings. The Bertz CT molecular complexity index is 409. The number of nitrogens with zero attached hydrogens (tertiary/aromatic N) is 1. The van der Waals surface area contributed by atoms with Crippen LogP contribution in [0, 0.1) is 11.8 Å². The number of hydrogen-bond donors (Lipinski definition) is 3. The molecule has 7 heteroatoms. The van der Waals surface area contributed by atoms with Gasteiger partial charge in [0.15, 0.2) is 5.96 Å². The molecule has 0 bridgehead atoms. The molecule has 0 aliphatic heterocycles. The maximum atomic E-state index is 11.6. The normalized spacial score (nSPS) is 18.8. The van der Waals surface area contributed by atoms with E-state index in [1.165, 1.54) is 12.8 Å². The van der Waals surface area contributed by atoms with Gasteiger partial charge in [-0.1, -0.05) is 0 Å². The Balaban J connectivity index is 1.57. The van der Waals surface area contributed by atoms with E-state index in [0.29, 0.717) is 19.1 Å². The first-order chi connectivity index (χ1) is 11.7. The van der Waals surface area contributed by atoms with Gasteiger partial charge in [-0.05, 0) is 50.9 Å². The van der Waals surface area contributed by atoms with E-state index in [-0.39, 0.29) is 12.1 Å². The Hall–Kier alpha value is -1.50. The van der Waals surface area contributed by atoms with Crippen LogP contribution < -0.4 is 16.0 Å². The molecule has 138 valence electrons. The summed E-state index contributed by atoms with van der Waals surface area (Å²) in [5.74, 6) is 2.11. The molecule has 1 unspecified atom stereocenters. The summed E-state index contributed by atoms with van der Waals surface area (Å²) in [4.78, 5) is 15.8. The molecule has 24 heavy (non-hydrogen) atoms. The molecule has 7 nitrogen and oxygen atoms in total. The molecular weight excluding hydrogens is 308 g/mol. The van der Waals surface area contributed by atoms with Crippen LogP contribution in [0.4, 0.5) is 4.79 Å². The van der Waals surface area contributed by atoms with Gasteiger partial charge in [-0.25, -0.2) is 4.79 Å². The number of carbonyl (C=O) groups excluding carboxylic acids is 1. The third kappa shape index (κ3) is 7.86. The SMILES string of the molecule is CCOC(=O)NC(CNC(=NC)NCCCOCC1CC1)C1CC1. The Morgan fingerprint density at radius 2 is 2.04 bits per heavy atom. The number of guanidine groups is 1. The molecule has 1 amide bonds. The van der Waals surface area contributed by atoms with Gasteiger partial charge >= 0.3 is 6.09 Å². The fourth-order valence-corrected chi connectivity index (χ4v) is 2.50.